The maximum absolute atomic E-state index is 13.4. The van der Waals surface area contributed by atoms with Gasteiger partial charge >= 0.3 is 6.03 Å². The molecule has 1 spiro atoms. The number of fused-ring (bicyclic) bond motifs is 2. The van der Waals surface area contributed by atoms with Crippen molar-refractivity contribution < 1.29 is 23.9 Å². The van der Waals surface area contributed by atoms with Crippen molar-refractivity contribution in [3.8, 4) is 11.5 Å². The summed E-state index contributed by atoms with van der Waals surface area (Å²) in [5, 5.41) is 2.89. The third kappa shape index (κ3) is 4.70. The molecule has 4 rings (SSSR count). The standard InChI is InChI=1S/C27H33N3O5/c1-4-14-29(17-19-10-11-22(35-15-5-2)23(16-19)34-3)24(31)18-30-25(32)27(28-26(30)33)13-12-20-8-6-7-9-21(20)27/h6-11,16H,4-5,12-15,17-18H2,1-3H3,(H,28,33). The fourth-order valence-electron chi connectivity index (χ4n) is 4.89. The van der Waals surface area contributed by atoms with Crippen LogP contribution in [0.15, 0.2) is 42.5 Å². The Balaban J connectivity index is 1.49. The molecule has 8 heteroatoms. The lowest BCUT2D eigenvalue weighted by Crippen LogP contribution is -2.45. The Kier molecular flexibility index (Phi) is 7.28. The number of urea groups is 1. The van der Waals surface area contributed by atoms with E-state index in [1.807, 2.05) is 56.3 Å². The number of carbonyl (C=O) groups is 3. The molecule has 0 radical (unpaired) electrons. The molecule has 2 aromatic rings. The lowest BCUT2D eigenvalue weighted by atomic mass is 9.92. The van der Waals surface area contributed by atoms with Gasteiger partial charge in [-0.15, -0.1) is 0 Å². The minimum absolute atomic E-state index is 0.274. The lowest BCUT2D eigenvalue weighted by molar-refractivity contribution is -0.139. The predicted octanol–water partition coefficient (Wildman–Crippen LogP) is 3.62. The quantitative estimate of drug-likeness (QED) is 0.526. The minimum atomic E-state index is -1.06. The number of nitrogens with one attached hydrogen (secondary N) is 1. The average Bonchev–Trinajstić information content (AvgIpc) is 3.35. The minimum Gasteiger partial charge on any atom is -0.493 e. The summed E-state index contributed by atoms with van der Waals surface area (Å²) in [6.45, 7) is 5.17. The molecule has 1 unspecified atom stereocenters. The van der Waals surface area contributed by atoms with Crippen molar-refractivity contribution in [2.45, 2.75) is 51.6 Å². The summed E-state index contributed by atoms with van der Waals surface area (Å²) >= 11 is 0. The zero-order valence-electron chi connectivity index (χ0n) is 20.6. The number of amides is 4. The van der Waals surface area contributed by atoms with Gasteiger partial charge in [-0.25, -0.2) is 4.79 Å². The third-order valence-corrected chi connectivity index (χ3v) is 6.62. The first-order valence-corrected chi connectivity index (χ1v) is 12.2. The SMILES string of the molecule is CCCOc1ccc(CN(CCC)C(=O)CN2C(=O)NC3(CCc4ccccc43)C2=O)cc1OC. The predicted molar refractivity (Wildman–Crippen MR) is 131 cm³/mol. The molecule has 0 bridgehead atoms. The van der Waals surface area contributed by atoms with E-state index in [-0.39, 0.29) is 18.4 Å². The number of aryl methyl sites for hydroxylation is 1. The van der Waals surface area contributed by atoms with Crippen LogP contribution in [0, 0.1) is 0 Å². The zero-order chi connectivity index (χ0) is 25.0. The zero-order valence-corrected chi connectivity index (χ0v) is 20.6. The number of methoxy groups -OCH3 is 1. The van der Waals surface area contributed by atoms with E-state index in [0.29, 0.717) is 44.0 Å². The van der Waals surface area contributed by atoms with E-state index in [1.54, 1.807) is 12.0 Å². The average molecular weight is 480 g/mol. The van der Waals surface area contributed by atoms with Gasteiger partial charge in [0.25, 0.3) is 5.91 Å². The normalized spacial score (nSPS) is 18.5. The van der Waals surface area contributed by atoms with Crippen LogP contribution < -0.4 is 14.8 Å². The lowest BCUT2D eigenvalue weighted by Gasteiger charge is -2.25. The van der Waals surface area contributed by atoms with Crippen LogP contribution in [0.4, 0.5) is 4.79 Å². The fraction of sp³-hybridized carbons (Fsp3) is 0.444. The van der Waals surface area contributed by atoms with E-state index in [4.69, 9.17) is 9.47 Å². The molecule has 1 saturated heterocycles. The van der Waals surface area contributed by atoms with E-state index < -0.39 is 11.6 Å². The molecule has 186 valence electrons. The third-order valence-electron chi connectivity index (χ3n) is 6.62. The van der Waals surface area contributed by atoms with Gasteiger partial charge < -0.3 is 19.7 Å². The van der Waals surface area contributed by atoms with Crippen molar-refractivity contribution in [3.05, 3.63) is 59.2 Å². The highest BCUT2D eigenvalue weighted by molar-refractivity contribution is 6.09. The van der Waals surface area contributed by atoms with Gasteiger partial charge in [-0.1, -0.05) is 44.2 Å². The van der Waals surface area contributed by atoms with Gasteiger partial charge in [0.15, 0.2) is 11.5 Å². The second kappa shape index (κ2) is 10.4. The molecular weight excluding hydrogens is 446 g/mol. The summed E-state index contributed by atoms with van der Waals surface area (Å²) in [5.74, 6) is 0.643. The van der Waals surface area contributed by atoms with Crippen LogP contribution >= 0.6 is 0 Å². The first kappa shape index (κ1) is 24.6. The molecule has 2 aliphatic rings. The number of nitrogens with zero attached hydrogens (tertiary/aromatic N) is 2. The first-order valence-electron chi connectivity index (χ1n) is 12.2. The summed E-state index contributed by atoms with van der Waals surface area (Å²) in [7, 11) is 1.58. The second-order valence-corrected chi connectivity index (χ2v) is 9.03. The first-order chi connectivity index (χ1) is 16.9. The molecule has 1 fully saturated rings. The van der Waals surface area contributed by atoms with Gasteiger partial charge in [-0.2, -0.15) is 0 Å². The topological polar surface area (TPSA) is 88.2 Å². The molecule has 0 saturated carbocycles. The van der Waals surface area contributed by atoms with Gasteiger partial charge in [0.2, 0.25) is 5.91 Å². The number of rotatable bonds is 10. The maximum atomic E-state index is 13.4. The van der Waals surface area contributed by atoms with E-state index in [1.165, 1.54) is 0 Å². The Labute approximate surface area is 206 Å². The van der Waals surface area contributed by atoms with E-state index >= 15 is 0 Å². The highest BCUT2D eigenvalue weighted by Crippen LogP contribution is 2.41. The van der Waals surface area contributed by atoms with Crippen LogP contribution in [0.3, 0.4) is 0 Å². The van der Waals surface area contributed by atoms with Crippen LogP contribution in [0.1, 0.15) is 49.8 Å². The van der Waals surface area contributed by atoms with Gasteiger partial charge in [0.1, 0.15) is 12.1 Å². The van der Waals surface area contributed by atoms with Crippen molar-refractivity contribution >= 4 is 17.8 Å². The molecule has 1 aliphatic carbocycles. The number of ether oxygens (including phenoxy) is 2. The number of benzene rings is 2. The monoisotopic (exact) mass is 479 g/mol. The Bertz CT molecular complexity index is 1120. The number of imide groups is 1. The maximum Gasteiger partial charge on any atom is 0.325 e. The van der Waals surface area contributed by atoms with E-state index in [2.05, 4.69) is 5.32 Å². The molecule has 4 amide bonds. The Morgan fingerprint density at radius 2 is 1.91 bits per heavy atom. The Hall–Kier alpha value is -3.55. The van der Waals surface area contributed by atoms with Gasteiger partial charge in [0.05, 0.1) is 13.7 Å². The number of hydrogen-bond donors (Lipinski definition) is 1. The molecule has 1 atom stereocenters. The van der Waals surface area contributed by atoms with Gasteiger partial charge in [0, 0.05) is 13.1 Å². The van der Waals surface area contributed by atoms with Crippen molar-refractivity contribution in [2.75, 3.05) is 26.8 Å². The molecule has 2 aromatic carbocycles. The van der Waals surface area contributed by atoms with Crippen LogP contribution in [0.5, 0.6) is 11.5 Å². The van der Waals surface area contributed by atoms with Crippen LogP contribution in [0.2, 0.25) is 0 Å². The molecule has 0 aromatic heterocycles. The van der Waals surface area contributed by atoms with Crippen molar-refractivity contribution in [2.24, 2.45) is 0 Å². The largest absolute Gasteiger partial charge is 0.493 e. The number of carbonyl (C=O) groups excluding carboxylic acids is 3. The number of hydrogen-bond acceptors (Lipinski definition) is 5. The van der Waals surface area contributed by atoms with Crippen LogP contribution in [-0.4, -0.2) is 54.5 Å². The highest BCUT2D eigenvalue weighted by Gasteiger charge is 2.55. The summed E-state index contributed by atoms with van der Waals surface area (Å²) in [6, 6.07) is 12.8. The Morgan fingerprint density at radius 3 is 2.66 bits per heavy atom. The van der Waals surface area contributed by atoms with Gasteiger partial charge in [-0.3, -0.25) is 14.5 Å². The molecular formula is C27H33N3O5. The molecule has 1 aliphatic heterocycles. The van der Waals surface area contributed by atoms with Crippen LogP contribution in [-0.2, 0) is 28.1 Å². The van der Waals surface area contributed by atoms with E-state index in [9.17, 15) is 14.4 Å². The smallest absolute Gasteiger partial charge is 0.325 e. The summed E-state index contributed by atoms with van der Waals surface area (Å²) in [4.78, 5) is 42.3. The molecule has 1 heterocycles. The highest BCUT2D eigenvalue weighted by atomic mass is 16.5. The van der Waals surface area contributed by atoms with E-state index in [0.717, 1.165) is 34.4 Å². The molecule has 8 nitrogen and oxygen atoms in total. The molecule has 35 heavy (non-hydrogen) atoms. The van der Waals surface area contributed by atoms with Crippen molar-refractivity contribution in [1.82, 2.24) is 15.1 Å². The summed E-state index contributed by atoms with van der Waals surface area (Å²) in [6.07, 6.45) is 2.86. The second-order valence-electron chi connectivity index (χ2n) is 9.03. The van der Waals surface area contributed by atoms with Crippen molar-refractivity contribution in [3.63, 3.8) is 0 Å². The Morgan fingerprint density at radius 1 is 1.11 bits per heavy atom. The van der Waals surface area contributed by atoms with Crippen LogP contribution in [0.25, 0.3) is 0 Å². The fourth-order valence-corrected chi connectivity index (χ4v) is 4.89. The van der Waals surface area contributed by atoms with Crippen molar-refractivity contribution in [1.29, 1.82) is 0 Å². The summed E-state index contributed by atoms with van der Waals surface area (Å²) in [5.41, 5.74) is 1.70. The summed E-state index contributed by atoms with van der Waals surface area (Å²) < 4.78 is 11.2. The van der Waals surface area contributed by atoms with Gasteiger partial charge in [-0.05, 0) is 54.5 Å². The molecule has 1 N–H and O–H groups in total.